The quantitative estimate of drug-likeness (QED) is 0.916. The summed E-state index contributed by atoms with van der Waals surface area (Å²) in [5.41, 5.74) is 8.03. The summed E-state index contributed by atoms with van der Waals surface area (Å²) in [6, 6.07) is 7.09. The number of likely N-dealkylation sites (tertiary alicyclic amines) is 1. The highest BCUT2D eigenvalue weighted by Crippen LogP contribution is 2.37. The van der Waals surface area contributed by atoms with Crippen molar-refractivity contribution in [1.82, 2.24) is 4.90 Å². The zero-order valence-corrected chi connectivity index (χ0v) is 12.2. The van der Waals surface area contributed by atoms with Crippen LogP contribution in [-0.2, 0) is 13.1 Å². The van der Waals surface area contributed by atoms with Gasteiger partial charge in [-0.2, -0.15) is 0 Å². The summed E-state index contributed by atoms with van der Waals surface area (Å²) in [5, 5.41) is 0.878. The number of fused-ring (bicyclic) bond motifs is 1. The molecule has 19 heavy (non-hydrogen) atoms. The fourth-order valence-corrected chi connectivity index (χ4v) is 4.08. The van der Waals surface area contributed by atoms with Crippen LogP contribution in [-0.4, -0.2) is 17.5 Å². The normalized spacial score (nSPS) is 27.5. The molecule has 104 valence electrons. The fourth-order valence-electron chi connectivity index (χ4n) is 3.82. The van der Waals surface area contributed by atoms with E-state index in [0.29, 0.717) is 6.54 Å². The van der Waals surface area contributed by atoms with Crippen LogP contribution in [0.25, 0.3) is 0 Å². The minimum atomic E-state index is 0.564. The number of nitrogens with zero attached hydrogens (tertiary/aromatic N) is 1. The lowest BCUT2D eigenvalue weighted by Gasteiger charge is -2.38. The van der Waals surface area contributed by atoms with Gasteiger partial charge in [0, 0.05) is 24.2 Å². The van der Waals surface area contributed by atoms with Crippen molar-refractivity contribution in [3.8, 4) is 0 Å². The minimum absolute atomic E-state index is 0.564. The van der Waals surface area contributed by atoms with E-state index in [1.807, 2.05) is 6.07 Å². The molecule has 2 nitrogen and oxygen atoms in total. The predicted molar refractivity (Wildman–Crippen MR) is 80.1 cm³/mol. The highest BCUT2D eigenvalue weighted by molar-refractivity contribution is 6.31. The van der Waals surface area contributed by atoms with Gasteiger partial charge in [0.1, 0.15) is 0 Å². The molecule has 0 bridgehead atoms. The molecule has 2 atom stereocenters. The van der Waals surface area contributed by atoms with Gasteiger partial charge in [-0.1, -0.05) is 30.2 Å². The van der Waals surface area contributed by atoms with E-state index in [0.717, 1.165) is 29.1 Å². The van der Waals surface area contributed by atoms with Crippen LogP contribution in [0.5, 0.6) is 0 Å². The fraction of sp³-hybridized carbons (Fsp3) is 0.625. The molecule has 0 radical (unpaired) electrons. The number of halogens is 1. The molecular formula is C16H23ClN2. The van der Waals surface area contributed by atoms with E-state index < -0.39 is 0 Å². The van der Waals surface area contributed by atoms with Gasteiger partial charge in [0.05, 0.1) is 0 Å². The molecule has 1 saturated carbocycles. The topological polar surface area (TPSA) is 29.3 Å². The first-order valence-corrected chi connectivity index (χ1v) is 7.87. The summed E-state index contributed by atoms with van der Waals surface area (Å²) >= 11 is 6.39. The lowest BCUT2D eigenvalue weighted by atomic mass is 9.91. The monoisotopic (exact) mass is 278 g/mol. The Balaban J connectivity index is 1.73. The lowest BCUT2D eigenvalue weighted by molar-refractivity contribution is 0.106. The lowest BCUT2D eigenvalue weighted by Crippen LogP contribution is -2.41. The Bertz CT molecular complexity index is 446. The van der Waals surface area contributed by atoms with E-state index in [4.69, 9.17) is 17.3 Å². The van der Waals surface area contributed by atoms with Crippen molar-refractivity contribution in [2.45, 2.75) is 51.2 Å². The molecular weight excluding hydrogens is 256 g/mol. The van der Waals surface area contributed by atoms with Crippen LogP contribution >= 0.6 is 11.6 Å². The Hall–Kier alpha value is -0.570. The number of piperidine rings is 1. The average Bonchev–Trinajstić information content (AvgIpc) is 2.90. The van der Waals surface area contributed by atoms with E-state index in [2.05, 4.69) is 17.0 Å². The van der Waals surface area contributed by atoms with Crippen molar-refractivity contribution in [3.63, 3.8) is 0 Å². The van der Waals surface area contributed by atoms with Crippen LogP contribution in [0, 0.1) is 5.92 Å². The summed E-state index contributed by atoms with van der Waals surface area (Å²) in [5.74, 6) is 0.941. The molecule has 1 aliphatic carbocycles. The third kappa shape index (κ3) is 2.81. The second kappa shape index (κ2) is 5.82. The van der Waals surface area contributed by atoms with Gasteiger partial charge in [-0.15, -0.1) is 0 Å². The van der Waals surface area contributed by atoms with Crippen molar-refractivity contribution in [3.05, 3.63) is 34.3 Å². The number of hydrogen-bond acceptors (Lipinski definition) is 2. The molecule has 0 spiro atoms. The highest BCUT2D eigenvalue weighted by Gasteiger charge is 2.34. The molecule has 1 aromatic rings. The van der Waals surface area contributed by atoms with Crippen LogP contribution in [0.15, 0.2) is 18.2 Å². The number of hydrogen-bond donors (Lipinski definition) is 1. The Morgan fingerprint density at radius 3 is 2.84 bits per heavy atom. The van der Waals surface area contributed by atoms with E-state index in [9.17, 15) is 0 Å². The van der Waals surface area contributed by atoms with Gasteiger partial charge >= 0.3 is 0 Å². The molecule has 0 aromatic heterocycles. The molecule has 0 amide bonds. The number of nitrogens with two attached hydrogens (primary N) is 1. The maximum absolute atomic E-state index is 6.39. The largest absolute Gasteiger partial charge is 0.326 e. The maximum Gasteiger partial charge on any atom is 0.0454 e. The summed E-state index contributed by atoms with van der Waals surface area (Å²) in [4.78, 5) is 2.66. The van der Waals surface area contributed by atoms with Gasteiger partial charge in [0.2, 0.25) is 0 Å². The SMILES string of the molecule is NCc1ccc(CN2CCCC3CCCC32)c(Cl)c1. The van der Waals surface area contributed by atoms with E-state index in [-0.39, 0.29) is 0 Å². The van der Waals surface area contributed by atoms with E-state index >= 15 is 0 Å². The number of benzene rings is 1. The Kier molecular flexibility index (Phi) is 4.11. The van der Waals surface area contributed by atoms with Gasteiger partial charge in [-0.3, -0.25) is 4.90 Å². The van der Waals surface area contributed by atoms with Crippen molar-refractivity contribution < 1.29 is 0 Å². The molecule has 1 heterocycles. The van der Waals surface area contributed by atoms with Crippen molar-refractivity contribution >= 4 is 11.6 Å². The van der Waals surface area contributed by atoms with Crippen molar-refractivity contribution in [1.29, 1.82) is 0 Å². The molecule has 1 aliphatic heterocycles. The Labute approximate surface area is 120 Å². The molecule has 2 aliphatic rings. The third-order valence-electron chi connectivity index (χ3n) is 4.83. The van der Waals surface area contributed by atoms with Crippen LogP contribution in [0.3, 0.4) is 0 Å². The molecule has 2 fully saturated rings. The second-order valence-electron chi connectivity index (χ2n) is 6.00. The molecule has 3 rings (SSSR count). The summed E-state index contributed by atoms with van der Waals surface area (Å²) < 4.78 is 0. The third-order valence-corrected chi connectivity index (χ3v) is 5.19. The van der Waals surface area contributed by atoms with Gasteiger partial charge in [0.25, 0.3) is 0 Å². The molecule has 2 unspecified atom stereocenters. The summed E-state index contributed by atoms with van der Waals surface area (Å²) in [7, 11) is 0. The van der Waals surface area contributed by atoms with Crippen LogP contribution in [0.4, 0.5) is 0 Å². The van der Waals surface area contributed by atoms with Crippen LogP contribution < -0.4 is 5.73 Å². The van der Waals surface area contributed by atoms with Crippen LogP contribution in [0.1, 0.15) is 43.2 Å². The van der Waals surface area contributed by atoms with E-state index in [1.165, 1.54) is 44.2 Å². The zero-order valence-electron chi connectivity index (χ0n) is 11.4. The summed E-state index contributed by atoms with van der Waals surface area (Å²) in [6.45, 7) is 2.80. The minimum Gasteiger partial charge on any atom is -0.326 e. The van der Waals surface area contributed by atoms with Gasteiger partial charge in [-0.05, 0) is 55.3 Å². The van der Waals surface area contributed by atoms with Gasteiger partial charge in [-0.25, -0.2) is 0 Å². The molecule has 2 N–H and O–H groups in total. The second-order valence-corrected chi connectivity index (χ2v) is 6.41. The van der Waals surface area contributed by atoms with Gasteiger partial charge in [0.15, 0.2) is 0 Å². The Morgan fingerprint density at radius 1 is 1.21 bits per heavy atom. The average molecular weight is 279 g/mol. The molecule has 1 saturated heterocycles. The Morgan fingerprint density at radius 2 is 2.05 bits per heavy atom. The zero-order chi connectivity index (χ0) is 13.2. The first-order chi connectivity index (χ1) is 9.28. The molecule has 1 aromatic carbocycles. The van der Waals surface area contributed by atoms with Crippen molar-refractivity contribution in [2.24, 2.45) is 11.7 Å². The summed E-state index contributed by atoms with van der Waals surface area (Å²) in [6.07, 6.45) is 7.00. The predicted octanol–water partition coefficient (Wildman–Crippen LogP) is 3.56. The molecule has 3 heteroatoms. The number of rotatable bonds is 3. The van der Waals surface area contributed by atoms with E-state index in [1.54, 1.807) is 0 Å². The van der Waals surface area contributed by atoms with Crippen molar-refractivity contribution in [2.75, 3.05) is 6.54 Å². The van der Waals surface area contributed by atoms with Crippen LogP contribution in [0.2, 0.25) is 5.02 Å². The first-order valence-electron chi connectivity index (χ1n) is 7.49. The van der Waals surface area contributed by atoms with Gasteiger partial charge < -0.3 is 5.73 Å². The maximum atomic E-state index is 6.39. The highest BCUT2D eigenvalue weighted by atomic mass is 35.5. The standard InChI is InChI=1S/C16H23ClN2/c17-15-9-12(10-18)6-7-14(15)11-19-8-2-4-13-3-1-5-16(13)19/h6-7,9,13,16H,1-5,8,10-11,18H2. The smallest absolute Gasteiger partial charge is 0.0454 e. The first kappa shape index (κ1) is 13.4.